The summed E-state index contributed by atoms with van der Waals surface area (Å²) in [6, 6.07) is 8.27. The van der Waals surface area contributed by atoms with Gasteiger partial charge < -0.3 is 19.2 Å². The van der Waals surface area contributed by atoms with Gasteiger partial charge in [-0.05, 0) is 37.6 Å². The minimum atomic E-state index is -0.629. The highest BCUT2D eigenvalue weighted by atomic mass is 35.5. The van der Waals surface area contributed by atoms with Crippen molar-refractivity contribution in [3.63, 3.8) is 0 Å². The first-order valence-corrected chi connectivity index (χ1v) is 8.98. The van der Waals surface area contributed by atoms with Gasteiger partial charge >= 0.3 is 5.97 Å². The fourth-order valence-electron chi connectivity index (χ4n) is 2.76. The summed E-state index contributed by atoms with van der Waals surface area (Å²) >= 11 is 6.18. The lowest BCUT2D eigenvalue weighted by atomic mass is 10.1. The van der Waals surface area contributed by atoms with E-state index in [-0.39, 0.29) is 28.6 Å². The smallest absolute Gasteiger partial charge is 0.338 e. The van der Waals surface area contributed by atoms with Crippen molar-refractivity contribution >= 4 is 28.5 Å². The predicted octanol–water partition coefficient (Wildman–Crippen LogP) is 3.65. The maximum atomic E-state index is 12.4. The van der Waals surface area contributed by atoms with Crippen LogP contribution in [0, 0.1) is 6.92 Å². The van der Waals surface area contributed by atoms with Gasteiger partial charge in [0.1, 0.15) is 12.4 Å². The number of aromatic amines is 1. The van der Waals surface area contributed by atoms with Crippen LogP contribution in [-0.2, 0) is 11.3 Å². The minimum Gasteiger partial charge on any atom is -0.493 e. The van der Waals surface area contributed by atoms with Gasteiger partial charge in [-0.3, -0.25) is 4.79 Å². The van der Waals surface area contributed by atoms with Crippen molar-refractivity contribution in [2.75, 3.05) is 13.7 Å². The summed E-state index contributed by atoms with van der Waals surface area (Å²) in [5.74, 6) is 0.313. The molecule has 3 aromatic rings. The number of esters is 1. The van der Waals surface area contributed by atoms with Crippen molar-refractivity contribution in [2.24, 2.45) is 0 Å². The Bertz CT molecular complexity index is 1090. The third-order valence-corrected chi connectivity index (χ3v) is 4.36. The van der Waals surface area contributed by atoms with Crippen LogP contribution in [0.25, 0.3) is 10.9 Å². The molecular weight excluding hydrogens is 384 g/mol. The monoisotopic (exact) mass is 402 g/mol. The summed E-state index contributed by atoms with van der Waals surface area (Å²) in [4.78, 5) is 31.7. The van der Waals surface area contributed by atoms with E-state index in [1.54, 1.807) is 12.1 Å². The number of hydrogen-bond acceptors (Lipinski definition) is 6. The summed E-state index contributed by atoms with van der Waals surface area (Å²) in [6.45, 7) is 3.89. The summed E-state index contributed by atoms with van der Waals surface area (Å²) in [5, 5.41) is 0.721. The molecule has 1 heterocycles. The number of halogens is 1. The first kappa shape index (κ1) is 19.7. The highest BCUT2D eigenvalue weighted by Crippen LogP contribution is 2.36. The first-order valence-electron chi connectivity index (χ1n) is 8.60. The highest BCUT2D eigenvalue weighted by molar-refractivity contribution is 6.32. The Labute approximate surface area is 166 Å². The second-order valence-electron chi connectivity index (χ2n) is 5.98. The van der Waals surface area contributed by atoms with Crippen LogP contribution in [0.1, 0.15) is 28.7 Å². The van der Waals surface area contributed by atoms with E-state index < -0.39 is 5.97 Å². The quantitative estimate of drug-likeness (QED) is 0.633. The summed E-state index contributed by atoms with van der Waals surface area (Å²) in [6.07, 6.45) is 0. The van der Waals surface area contributed by atoms with Crippen molar-refractivity contribution in [3.05, 3.63) is 62.7 Å². The van der Waals surface area contributed by atoms with Crippen LogP contribution in [0.3, 0.4) is 0 Å². The number of aromatic nitrogens is 2. The average Bonchev–Trinajstić information content (AvgIpc) is 2.68. The van der Waals surface area contributed by atoms with Gasteiger partial charge in [0.25, 0.3) is 5.56 Å². The number of benzene rings is 2. The van der Waals surface area contributed by atoms with Gasteiger partial charge in [0, 0.05) is 0 Å². The Morgan fingerprint density at radius 3 is 2.79 bits per heavy atom. The van der Waals surface area contributed by atoms with E-state index in [1.165, 1.54) is 19.2 Å². The molecule has 0 saturated heterocycles. The van der Waals surface area contributed by atoms with Crippen LogP contribution in [-0.4, -0.2) is 29.7 Å². The van der Waals surface area contributed by atoms with Crippen LogP contribution < -0.4 is 15.0 Å². The van der Waals surface area contributed by atoms with Crippen molar-refractivity contribution < 1.29 is 19.0 Å². The zero-order valence-electron chi connectivity index (χ0n) is 15.7. The van der Waals surface area contributed by atoms with E-state index in [2.05, 4.69) is 9.97 Å². The zero-order chi connectivity index (χ0) is 20.3. The maximum absolute atomic E-state index is 12.4. The van der Waals surface area contributed by atoms with E-state index in [0.717, 1.165) is 5.56 Å². The Balaban J connectivity index is 1.83. The van der Waals surface area contributed by atoms with Crippen molar-refractivity contribution in [1.29, 1.82) is 0 Å². The summed E-state index contributed by atoms with van der Waals surface area (Å²) in [7, 11) is 1.45. The van der Waals surface area contributed by atoms with Gasteiger partial charge in [-0.1, -0.05) is 23.7 Å². The third-order valence-electron chi connectivity index (χ3n) is 4.08. The normalized spacial score (nSPS) is 10.7. The molecule has 0 spiro atoms. The number of para-hydroxylation sites is 1. The molecule has 7 nitrogen and oxygen atoms in total. The standard InChI is InChI=1S/C20H19ClN2O5/c1-4-27-18-14(21)8-12(9-15(18)26-3)20(25)28-10-16-22-17-11(2)6-5-7-13(17)19(24)23-16/h5-9H,4,10H2,1-3H3,(H,22,23,24). The van der Waals surface area contributed by atoms with E-state index in [9.17, 15) is 9.59 Å². The van der Waals surface area contributed by atoms with Gasteiger partial charge in [0.05, 0.1) is 35.2 Å². The predicted molar refractivity (Wildman–Crippen MR) is 105 cm³/mol. The molecule has 0 radical (unpaired) electrons. The summed E-state index contributed by atoms with van der Waals surface area (Å²) in [5.41, 5.74) is 1.34. The number of H-pyrrole nitrogens is 1. The van der Waals surface area contributed by atoms with E-state index in [0.29, 0.717) is 29.0 Å². The second-order valence-corrected chi connectivity index (χ2v) is 6.39. The molecule has 2 aromatic carbocycles. The lowest BCUT2D eigenvalue weighted by Gasteiger charge is -2.13. The average molecular weight is 403 g/mol. The first-order chi connectivity index (χ1) is 13.4. The lowest BCUT2D eigenvalue weighted by Crippen LogP contribution is -2.15. The molecule has 8 heteroatoms. The van der Waals surface area contributed by atoms with Crippen LogP contribution >= 0.6 is 11.6 Å². The molecule has 0 unspecified atom stereocenters. The number of hydrogen-bond donors (Lipinski definition) is 1. The number of aryl methyl sites for hydroxylation is 1. The van der Waals surface area contributed by atoms with Crippen LogP contribution in [0.4, 0.5) is 0 Å². The molecular formula is C20H19ClN2O5. The molecule has 146 valence electrons. The van der Waals surface area contributed by atoms with Crippen LogP contribution in [0.5, 0.6) is 11.5 Å². The fraction of sp³-hybridized carbons (Fsp3) is 0.250. The Hall–Kier alpha value is -3.06. The molecule has 0 amide bonds. The number of fused-ring (bicyclic) bond motifs is 1. The van der Waals surface area contributed by atoms with Crippen molar-refractivity contribution in [2.45, 2.75) is 20.5 Å². The van der Waals surface area contributed by atoms with Gasteiger partial charge in [-0.15, -0.1) is 0 Å². The number of nitrogens with one attached hydrogen (secondary N) is 1. The molecule has 0 atom stereocenters. The molecule has 0 bridgehead atoms. The Morgan fingerprint density at radius 1 is 1.29 bits per heavy atom. The number of ether oxygens (including phenoxy) is 3. The molecule has 0 aliphatic carbocycles. The summed E-state index contributed by atoms with van der Waals surface area (Å²) < 4.78 is 15.9. The van der Waals surface area contributed by atoms with Crippen LogP contribution in [0.15, 0.2) is 35.1 Å². The van der Waals surface area contributed by atoms with Crippen LogP contribution in [0.2, 0.25) is 5.02 Å². The van der Waals surface area contributed by atoms with E-state index in [4.69, 9.17) is 25.8 Å². The van der Waals surface area contributed by atoms with Gasteiger partial charge in [0.15, 0.2) is 11.5 Å². The molecule has 0 aliphatic rings. The van der Waals surface area contributed by atoms with Gasteiger partial charge in [-0.25, -0.2) is 9.78 Å². The maximum Gasteiger partial charge on any atom is 0.338 e. The SMILES string of the molecule is CCOc1c(Cl)cc(C(=O)OCc2nc3c(C)cccc3c(=O)[nH]2)cc1OC. The molecule has 28 heavy (non-hydrogen) atoms. The number of nitrogens with zero attached hydrogens (tertiary/aromatic N) is 1. The van der Waals surface area contributed by atoms with E-state index >= 15 is 0 Å². The van der Waals surface area contributed by atoms with Gasteiger partial charge in [-0.2, -0.15) is 0 Å². The molecule has 0 saturated carbocycles. The van der Waals surface area contributed by atoms with Crippen molar-refractivity contribution in [3.8, 4) is 11.5 Å². The Morgan fingerprint density at radius 2 is 2.07 bits per heavy atom. The second kappa shape index (κ2) is 8.31. The molecule has 0 fully saturated rings. The number of methoxy groups -OCH3 is 1. The fourth-order valence-corrected chi connectivity index (χ4v) is 3.02. The van der Waals surface area contributed by atoms with Crippen molar-refractivity contribution in [1.82, 2.24) is 9.97 Å². The molecule has 1 aromatic heterocycles. The largest absolute Gasteiger partial charge is 0.493 e. The Kier molecular flexibility index (Phi) is 5.84. The number of rotatable bonds is 6. The topological polar surface area (TPSA) is 90.5 Å². The molecule has 3 rings (SSSR count). The number of carbonyl (C=O) groups excluding carboxylic acids is 1. The van der Waals surface area contributed by atoms with Gasteiger partial charge in [0.2, 0.25) is 0 Å². The minimum absolute atomic E-state index is 0.189. The highest BCUT2D eigenvalue weighted by Gasteiger charge is 2.17. The van der Waals surface area contributed by atoms with E-state index in [1.807, 2.05) is 19.9 Å². The zero-order valence-corrected chi connectivity index (χ0v) is 16.4. The number of carbonyl (C=O) groups is 1. The lowest BCUT2D eigenvalue weighted by molar-refractivity contribution is 0.0462. The third kappa shape index (κ3) is 3.94. The molecule has 1 N–H and O–H groups in total. The molecule has 0 aliphatic heterocycles.